The van der Waals surface area contributed by atoms with Crippen LogP contribution in [0.15, 0.2) is 41.2 Å². The SMILES string of the molecule is CN(C)CCc1ccc(N)c2[nH]c3ccccc3c(=O)c12. The van der Waals surface area contributed by atoms with Gasteiger partial charge in [-0.05, 0) is 44.3 Å². The van der Waals surface area contributed by atoms with E-state index in [2.05, 4.69) is 9.88 Å². The molecule has 3 rings (SSSR count). The van der Waals surface area contributed by atoms with Crippen LogP contribution in [0.4, 0.5) is 5.69 Å². The Morgan fingerprint density at radius 2 is 1.90 bits per heavy atom. The zero-order chi connectivity index (χ0) is 15.0. The van der Waals surface area contributed by atoms with Gasteiger partial charge in [0.1, 0.15) is 0 Å². The van der Waals surface area contributed by atoms with Gasteiger partial charge in [-0.2, -0.15) is 0 Å². The van der Waals surface area contributed by atoms with Crippen molar-refractivity contribution in [1.29, 1.82) is 0 Å². The minimum Gasteiger partial charge on any atom is -0.397 e. The van der Waals surface area contributed by atoms with Gasteiger partial charge in [-0.25, -0.2) is 0 Å². The smallest absolute Gasteiger partial charge is 0.197 e. The Labute approximate surface area is 123 Å². The Morgan fingerprint density at radius 3 is 2.67 bits per heavy atom. The van der Waals surface area contributed by atoms with Crippen LogP contribution >= 0.6 is 0 Å². The number of H-pyrrole nitrogens is 1. The van der Waals surface area contributed by atoms with Gasteiger partial charge in [0.2, 0.25) is 0 Å². The van der Waals surface area contributed by atoms with Gasteiger partial charge in [-0.1, -0.05) is 18.2 Å². The van der Waals surface area contributed by atoms with E-state index >= 15 is 0 Å². The fourth-order valence-corrected chi connectivity index (χ4v) is 2.67. The molecule has 0 aliphatic rings. The minimum atomic E-state index is 0.0559. The van der Waals surface area contributed by atoms with Gasteiger partial charge < -0.3 is 15.6 Å². The van der Waals surface area contributed by atoms with E-state index in [1.54, 1.807) is 0 Å². The molecule has 0 radical (unpaired) electrons. The van der Waals surface area contributed by atoms with E-state index in [4.69, 9.17) is 5.73 Å². The normalized spacial score (nSPS) is 11.6. The van der Waals surface area contributed by atoms with Crippen LogP contribution < -0.4 is 11.2 Å². The molecule has 21 heavy (non-hydrogen) atoms. The van der Waals surface area contributed by atoms with Gasteiger partial charge in [0, 0.05) is 17.4 Å². The molecule has 4 heteroatoms. The van der Waals surface area contributed by atoms with Gasteiger partial charge in [0.15, 0.2) is 5.43 Å². The lowest BCUT2D eigenvalue weighted by molar-refractivity contribution is 0.414. The largest absolute Gasteiger partial charge is 0.397 e. The molecule has 0 spiro atoms. The van der Waals surface area contributed by atoms with Crippen molar-refractivity contribution in [3.63, 3.8) is 0 Å². The molecule has 1 aromatic heterocycles. The topological polar surface area (TPSA) is 62.1 Å². The second-order valence-corrected chi connectivity index (χ2v) is 5.62. The number of nitrogens with one attached hydrogen (secondary N) is 1. The Hall–Kier alpha value is -2.33. The molecular formula is C17H19N3O. The molecule has 0 saturated carbocycles. The zero-order valence-electron chi connectivity index (χ0n) is 12.3. The number of nitrogens with zero attached hydrogens (tertiary/aromatic N) is 1. The predicted octanol–water partition coefficient (Wildman–Crippen LogP) is 2.37. The van der Waals surface area contributed by atoms with Gasteiger partial charge in [-0.15, -0.1) is 0 Å². The zero-order valence-corrected chi connectivity index (χ0v) is 12.3. The fraction of sp³-hybridized carbons (Fsp3) is 0.235. The first-order valence-corrected chi connectivity index (χ1v) is 7.05. The van der Waals surface area contributed by atoms with Gasteiger partial charge in [0.05, 0.1) is 16.6 Å². The summed E-state index contributed by atoms with van der Waals surface area (Å²) in [7, 11) is 4.05. The molecule has 0 unspecified atom stereocenters. The van der Waals surface area contributed by atoms with Crippen LogP contribution in [0.1, 0.15) is 5.56 Å². The molecule has 1 heterocycles. The van der Waals surface area contributed by atoms with Gasteiger partial charge in [-0.3, -0.25) is 4.79 Å². The van der Waals surface area contributed by atoms with Crippen LogP contribution in [0.3, 0.4) is 0 Å². The van der Waals surface area contributed by atoms with Crippen molar-refractivity contribution >= 4 is 27.5 Å². The third kappa shape index (κ3) is 2.38. The quantitative estimate of drug-likeness (QED) is 0.572. The van der Waals surface area contributed by atoms with Crippen molar-refractivity contribution in [2.75, 3.05) is 26.4 Å². The maximum atomic E-state index is 12.8. The summed E-state index contributed by atoms with van der Waals surface area (Å²) < 4.78 is 0. The molecule has 0 saturated heterocycles. The van der Waals surface area contributed by atoms with Crippen molar-refractivity contribution in [3.8, 4) is 0 Å². The molecule has 0 amide bonds. The first-order valence-electron chi connectivity index (χ1n) is 7.05. The van der Waals surface area contributed by atoms with Crippen molar-refractivity contribution in [3.05, 3.63) is 52.2 Å². The Kier molecular flexibility index (Phi) is 3.39. The maximum absolute atomic E-state index is 12.8. The molecule has 2 aromatic carbocycles. The number of hydrogen-bond acceptors (Lipinski definition) is 3. The molecule has 0 bridgehead atoms. The molecule has 0 aliphatic carbocycles. The molecular weight excluding hydrogens is 262 g/mol. The highest BCUT2D eigenvalue weighted by Crippen LogP contribution is 2.23. The number of benzene rings is 2. The summed E-state index contributed by atoms with van der Waals surface area (Å²) >= 11 is 0. The Morgan fingerprint density at radius 1 is 1.14 bits per heavy atom. The average molecular weight is 281 g/mol. The van der Waals surface area contributed by atoms with E-state index in [1.807, 2.05) is 50.5 Å². The van der Waals surface area contributed by atoms with E-state index in [0.717, 1.165) is 34.9 Å². The number of likely N-dealkylation sites (N-methyl/N-ethyl adjacent to an activating group) is 1. The number of anilines is 1. The maximum Gasteiger partial charge on any atom is 0.197 e. The fourth-order valence-electron chi connectivity index (χ4n) is 2.67. The standard InChI is InChI=1S/C17H19N3O/c1-20(2)10-9-11-7-8-13(18)16-15(11)17(21)12-5-3-4-6-14(12)19-16/h3-8H,9-10,18H2,1-2H3,(H,19,21). The lowest BCUT2D eigenvalue weighted by atomic mass is 10.0. The molecule has 4 nitrogen and oxygen atoms in total. The average Bonchev–Trinajstić information content (AvgIpc) is 2.47. The van der Waals surface area contributed by atoms with Crippen LogP contribution in [0, 0.1) is 0 Å². The minimum absolute atomic E-state index is 0.0559. The summed E-state index contributed by atoms with van der Waals surface area (Å²) in [5, 5.41) is 1.43. The third-order valence-corrected chi connectivity index (χ3v) is 3.81. The second kappa shape index (κ2) is 5.22. The van der Waals surface area contributed by atoms with E-state index in [-0.39, 0.29) is 5.43 Å². The number of pyridine rings is 1. The van der Waals surface area contributed by atoms with Crippen molar-refractivity contribution < 1.29 is 0 Å². The van der Waals surface area contributed by atoms with E-state index in [9.17, 15) is 4.79 Å². The summed E-state index contributed by atoms with van der Waals surface area (Å²) in [5.74, 6) is 0. The van der Waals surface area contributed by atoms with Crippen LogP contribution in [0.25, 0.3) is 21.8 Å². The molecule has 108 valence electrons. The number of nitrogens with two attached hydrogens (primary N) is 1. The monoisotopic (exact) mass is 281 g/mol. The number of hydrogen-bond donors (Lipinski definition) is 2. The number of aromatic nitrogens is 1. The highest BCUT2D eigenvalue weighted by atomic mass is 16.1. The number of para-hydroxylation sites is 1. The molecule has 3 N–H and O–H groups in total. The van der Waals surface area contributed by atoms with E-state index in [0.29, 0.717) is 11.1 Å². The van der Waals surface area contributed by atoms with Crippen LogP contribution in [-0.4, -0.2) is 30.5 Å². The number of nitrogen functional groups attached to an aromatic ring is 1. The predicted molar refractivity (Wildman–Crippen MR) is 88.7 cm³/mol. The summed E-state index contributed by atoms with van der Waals surface area (Å²) in [6.07, 6.45) is 0.825. The summed E-state index contributed by atoms with van der Waals surface area (Å²) in [6.45, 7) is 0.894. The summed E-state index contributed by atoms with van der Waals surface area (Å²) in [5.41, 5.74) is 9.34. The van der Waals surface area contributed by atoms with Gasteiger partial charge >= 0.3 is 0 Å². The van der Waals surface area contributed by atoms with E-state index < -0.39 is 0 Å². The Balaban J connectivity index is 2.33. The molecule has 0 atom stereocenters. The lowest BCUT2D eigenvalue weighted by Gasteiger charge is -2.13. The number of rotatable bonds is 3. The summed E-state index contributed by atoms with van der Waals surface area (Å²) in [4.78, 5) is 18.2. The lowest BCUT2D eigenvalue weighted by Crippen LogP contribution is -2.17. The van der Waals surface area contributed by atoms with Gasteiger partial charge in [0.25, 0.3) is 0 Å². The van der Waals surface area contributed by atoms with Crippen molar-refractivity contribution in [2.24, 2.45) is 0 Å². The second-order valence-electron chi connectivity index (χ2n) is 5.62. The first-order chi connectivity index (χ1) is 10.1. The van der Waals surface area contributed by atoms with Crippen molar-refractivity contribution in [2.45, 2.75) is 6.42 Å². The molecule has 0 aliphatic heterocycles. The highest BCUT2D eigenvalue weighted by Gasteiger charge is 2.11. The summed E-state index contributed by atoms with van der Waals surface area (Å²) in [6, 6.07) is 11.4. The van der Waals surface area contributed by atoms with Crippen LogP contribution in [-0.2, 0) is 6.42 Å². The number of fused-ring (bicyclic) bond motifs is 2. The van der Waals surface area contributed by atoms with Crippen LogP contribution in [0.5, 0.6) is 0 Å². The third-order valence-electron chi connectivity index (χ3n) is 3.81. The number of aromatic amines is 1. The first kappa shape index (κ1) is 13.6. The van der Waals surface area contributed by atoms with Crippen molar-refractivity contribution in [1.82, 2.24) is 9.88 Å². The highest BCUT2D eigenvalue weighted by molar-refractivity contribution is 5.99. The Bertz CT molecular complexity index is 865. The van der Waals surface area contributed by atoms with E-state index in [1.165, 1.54) is 0 Å². The molecule has 0 fully saturated rings. The molecule has 3 aromatic rings. The van der Waals surface area contributed by atoms with Crippen LogP contribution in [0.2, 0.25) is 0 Å².